The van der Waals surface area contributed by atoms with E-state index in [9.17, 15) is 14.4 Å². The van der Waals surface area contributed by atoms with Gasteiger partial charge in [-0.25, -0.2) is 0 Å². The molecule has 0 spiro atoms. The van der Waals surface area contributed by atoms with Crippen molar-refractivity contribution >= 4 is 40.5 Å². The van der Waals surface area contributed by atoms with E-state index >= 15 is 0 Å². The molecule has 0 heterocycles. The van der Waals surface area contributed by atoms with E-state index in [4.69, 9.17) is 0 Å². The maximum Gasteiger partial charge on any atom is 0.255 e. The van der Waals surface area contributed by atoms with Crippen molar-refractivity contribution in [1.29, 1.82) is 0 Å². The lowest BCUT2D eigenvalue weighted by Gasteiger charge is -2.17. The molecule has 0 bridgehead atoms. The SMILES string of the molecule is CN(C)c1ccc(NC(=O)c2ccc(NC(=O)c3ccc(NC(=O)CC(C)(C)C)cc3)cc2)cc1. The lowest BCUT2D eigenvalue weighted by Crippen LogP contribution is -2.19. The van der Waals surface area contributed by atoms with Gasteiger partial charge in [0.05, 0.1) is 0 Å². The quantitative estimate of drug-likeness (QED) is 0.416. The predicted octanol–water partition coefficient (Wildman–Crippen LogP) is 5.63. The van der Waals surface area contributed by atoms with Crippen molar-refractivity contribution < 1.29 is 14.4 Å². The van der Waals surface area contributed by atoms with Crippen LogP contribution < -0.4 is 20.9 Å². The van der Waals surface area contributed by atoms with Crippen LogP contribution in [0.15, 0.2) is 72.8 Å². The average Bonchev–Trinajstić information content (AvgIpc) is 2.79. The van der Waals surface area contributed by atoms with Gasteiger partial charge in [0.15, 0.2) is 0 Å². The Hall–Kier alpha value is -4.13. The standard InChI is InChI=1S/C28H32N4O3/c1-28(2,3)18-25(33)29-21-10-6-19(7-11-21)26(34)30-22-12-8-20(9-13-22)27(35)31-23-14-16-24(17-15-23)32(4)5/h6-17H,18H2,1-5H3,(H,29,33)(H,30,34)(H,31,35). The van der Waals surface area contributed by atoms with Gasteiger partial charge >= 0.3 is 0 Å². The van der Waals surface area contributed by atoms with Gasteiger partial charge in [-0.1, -0.05) is 20.8 Å². The van der Waals surface area contributed by atoms with Gasteiger partial charge in [-0.2, -0.15) is 0 Å². The summed E-state index contributed by atoms with van der Waals surface area (Å²) in [6, 6.07) is 21.0. The Kier molecular flexibility index (Phi) is 7.91. The molecule has 0 aliphatic rings. The van der Waals surface area contributed by atoms with Gasteiger partial charge in [-0.3, -0.25) is 14.4 Å². The number of rotatable bonds is 7. The highest BCUT2D eigenvalue weighted by Crippen LogP contribution is 2.20. The molecule has 0 aliphatic carbocycles. The minimum absolute atomic E-state index is 0.0654. The predicted molar refractivity (Wildman–Crippen MR) is 142 cm³/mol. The number of nitrogens with zero attached hydrogens (tertiary/aromatic N) is 1. The fourth-order valence-electron chi connectivity index (χ4n) is 3.35. The van der Waals surface area contributed by atoms with Gasteiger partial charge < -0.3 is 20.9 Å². The monoisotopic (exact) mass is 472 g/mol. The van der Waals surface area contributed by atoms with Crippen LogP contribution in [-0.4, -0.2) is 31.8 Å². The van der Waals surface area contributed by atoms with E-state index in [0.717, 1.165) is 5.69 Å². The molecule has 3 aromatic rings. The number of hydrogen-bond acceptors (Lipinski definition) is 4. The van der Waals surface area contributed by atoms with Gasteiger partial charge in [0.1, 0.15) is 0 Å². The normalized spacial score (nSPS) is 10.9. The molecule has 35 heavy (non-hydrogen) atoms. The molecule has 3 amide bonds. The van der Waals surface area contributed by atoms with Crippen molar-refractivity contribution in [2.24, 2.45) is 5.41 Å². The van der Waals surface area contributed by atoms with Crippen molar-refractivity contribution in [2.75, 3.05) is 34.9 Å². The zero-order valence-electron chi connectivity index (χ0n) is 20.8. The fraction of sp³-hybridized carbons (Fsp3) is 0.250. The second-order valence-electron chi connectivity index (χ2n) is 9.79. The minimum Gasteiger partial charge on any atom is -0.378 e. The first-order valence-electron chi connectivity index (χ1n) is 11.4. The number of carbonyl (C=O) groups is 3. The molecule has 0 atom stereocenters. The summed E-state index contributed by atoms with van der Waals surface area (Å²) in [6.45, 7) is 6.01. The average molecular weight is 473 g/mol. The van der Waals surface area contributed by atoms with Crippen LogP contribution in [0.1, 0.15) is 47.9 Å². The molecule has 3 rings (SSSR count). The van der Waals surface area contributed by atoms with E-state index in [2.05, 4.69) is 16.0 Å². The zero-order valence-corrected chi connectivity index (χ0v) is 20.8. The molecule has 0 saturated heterocycles. The van der Waals surface area contributed by atoms with Crippen LogP contribution in [-0.2, 0) is 4.79 Å². The molecule has 0 fully saturated rings. The van der Waals surface area contributed by atoms with Crippen molar-refractivity contribution in [2.45, 2.75) is 27.2 Å². The highest BCUT2D eigenvalue weighted by atomic mass is 16.2. The van der Waals surface area contributed by atoms with Crippen LogP contribution in [0.3, 0.4) is 0 Å². The number of amides is 3. The largest absolute Gasteiger partial charge is 0.378 e. The molecule has 3 aromatic carbocycles. The second-order valence-corrected chi connectivity index (χ2v) is 9.79. The number of hydrogen-bond donors (Lipinski definition) is 3. The van der Waals surface area contributed by atoms with Gasteiger partial charge in [0, 0.05) is 54.4 Å². The van der Waals surface area contributed by atoms with E-state index in [1.165, 1.54) is 0 Å². The molecule has 0 saturated carbocycles. The Morgan fingerprint density at radius 3 is 1.37 bits per heavy atom. The van der Waals surface area contributed by atoms with Crippen LogP contribution in [0.25, 0.3) is 0 Å². The fourth-order valence-corrected chi connectivity index (χ4v) is 3.35. The summed E-state index contributed by atoms with van der Waals surface area (Å²) < 4.78 is 0. The van der Waals surface area contributed by atoms with Gasteiger partial charge in [0.2, 0.25) is 5.91 Å². The Labute approximate surface area is 206 Å². The summed E-state index contributed by atoms with van der Waals surface area (Å²) >= 11 is 0. The van der Waals surface area contributed by atoms with E-state index < -0.39 is 0 Å². The van der Waals surface area contributed by atoms with Crippen LogP contribution in [0, 0.1) is 5.41 Å². The topological polar surface area (TPSA) is 90.5 Å². The summed E-state index contributed by atoms with van der Waals surface area (Å²) in [5, 5.41) is 8.53. The number of carbonyl (C=O) groups excluding carboxylic acids is 3. The molecule has 3 N–H and O–H groups in total. The maximum atomic E-state index is 12.6. The van der Waals surface area contributed by atoms with Crippen molar-refractivity contribution in [3.8, 4) is 0 Å². The lowest BCUT2D eigenvalue weighted by molar-refractivity contribution is -0.117. The first-order valence-corrected chi connectivity index (χ1v) is 11.4. The smallest absolute Gasteiger partial charge is 0.255 e. The Morgan fingerprint density at radius 1 is 0.629 bits per heavy atom. The Morgan fingerprint density at radius 2 is 1.00 bits per heavy atom. The van der Waals surface area contributed by atoms with Gasteiger partial charge in [0.25, 0.3) is 11.8 Å². The third kappa shape index (κ3) is 7.71. The summed E-state index contributed by atoms with van der Waals surface area (Å²) in [7, 11) is 3.91. The molecular formula is C28H32N4O3. The van der Waals surface area contributed by atoms with E-state index in [1.54, 1.807) is 48.5 Å². The van der Waals surface area contributed by atoms with Gasteiger partial charge in [-0.05, 0) is 78.2 Å². The molecule has 0 radical (unpaired) electrons. The molecule has 182 valence electrons. The number of anilines is 4. The van der Waals surface area contributed by atoms with E-state index in [-0.39, 0.29) is 23.1 Å². The molecule has 0 unspecified atom stereocenters. The highest BCUT2D eigenvalue weighted by molar-refractivity contribution is 6.06. The molecule has 0 aromatic heterocycles. The first-order chi connectivity index (χ1) is 16.5. The summed E-state index contributed by atoms with van der Waals surface area (Å²) in [5.74, 6) is -0.579. The Balaban J connectivity index is 1.55. The minimum atomic E-state index is -0.282. The van der Waals surface area contributed by atoms with Crippen molar-refractivity contribution in [1.82, 2.24) is 0 Å². The number of benzene rings is 3. The first kappa shape index (κ1) is 25.5. The van der Waals surface area contributed by atoms with E-state index in [0.29, 0.717) is 34.6 Å². The second kappa shape index (κ2) is 10.9. The molecular weight excluding hydrogens is 440 g/mol. The Bertz CT molecular complexity index is 1180. The molecule has 0 aliphatic heterocycles. The number of nitrogens with one attached hydrogen (secondary N) is 3. The van der Waals surface area contributed by atoms with Crippen LogP contribution >= 0.6 is 0 Å². The maximum absolute atomic E-state index is 12.6. The molecule has 7 heteroatoms. The van der Waals surface area contributed by atoms with Crippen molar-refractivity contribution in [3.05, 3.63) is 83.9 Å². The summed E-state index contributed by atoms with van der Waals surface area (Å²) in [6.07, 6.45) is 0.409. The van der Waals surface area contributed by atoms with Crippen molar-refractivity contribution in [3.63, 3.8) is 0 Å². The zero-order chi connectivity index (χ0) is 25.6. The third-order valence-electron chi connectivity index (χ3n) is 5.17. The highest BCUT2D eigenvalue weighted by Gasteiger charge is 2.16. The van der Waals surface area contributed by atoms with Crippen LogP contribution in [0.4, 0.5) is 22.7 Å². The molecule has 7 nitrogen and oxygen atoms in total. The lowest BCUT2D eigenvalue weighted by atomic mass is 9.92. The summed E-state index contributed by atoms with van der Waals surface area (Å²) in [5.41, 5.74) is 3.81. The van der Waals surface area contributed by atoms with E-state index in [1.807, 2.05) is 64.0 Å². The van der Waals surface area contributed by atoms with Gasteiger partial charge in [-0.15, -0.1) is 0 Å². The van der Waals surface area contributed by atoms with Crippen LogP contribution in [0.5, 0.6) is 0 Å². The van der Waals surface area contributed by atoms with Crippen LogP contribution in [0.2, 0.25) is 0 Å². The summed E-state index contributed by atoms with van der Waals surface area (Å²) in [4.78, 5) is 39.2. The third-order valence-corrected chi connectivity index (χ3v) is 5.17.